The van der Waals surface area contributed by atoms with Crippen LogP contribution in [0.4, 0.5) is 0 Å². The minimum atomic E-state index is 0.547. The van der Waals surface area contributed by atoms with Crippen LogP contribution in [0.5, 0.6) is 23.0 Å². The van der Waals surface area contributed by atoms with Gasteiger partial charge in [-0.15, -0.1) is 0 Å². The van der Waals surface area contributed by atoms with Crippen LogP contribution in [0.3, 0.4) is 0 Å². The molecular formula is C66H66N2O6. The Bertz CT molecular complexity index is 3130. The fraction of sp³-hybridized carbons (Fsp3) is 0.212. The average molecular weight is 983 g/mol. The van der Waals surface area contributed by atoms with Crippen molar-refractivity contribution in [1.82, 2.24) is 9.13 Å². The Balaban J connectivity index is 0.000000182. The van der Waals surface area contributed by atoms with E-state index >= 15 is 0 Å². The third kappa shape index (κ3) is 12.6. The number of aromatic nitrogens is 2. The fourth-order valence-electron chi connectivity index (χ4n) is 9.48. The van der Waals surface area contributed by atoms with Crippen molar-refractivity contribution in [2.75, 3.05) is 40.6 Å². The van der Waals surface area contributed by atoms with E-state index in [2.05, 4.69) is 170 Å². The van der Waals surface area contributed by atoms with Gasteiger partial charge in [-0.3, -0.25) is 0 Å². The van der Waals surface area contributed by atoms with E-state index in [9.17, 15) is 0 Å². The van der Waals surface area contributed by atoms with E-state index in [0.717, 1.165) is 47.2 Å². The molecule has 0 spiro atoms. The molecule has 10 aromatic rings. The summed E-state index contributed by atoms with van der Waals surface area (Å²) >= 11 is 0. The third-order valence-corrected chi connectivity index (χ3v) is 13.3. The molecule has 0 saturated heterocycles. The van der Waals surface area contributed by atoms with Gasteiger partial charge in [0.2, 0.25) is 0 Å². The summed E-state index contributed by atoms with van der Waals surface area (Å²) in [7, 11) is 3.36. The summed E-state index contributed by atoms with van der Waals surface area (Å²) in [6.07, 6.45) is 0. The highest BCUT2D eigenvalue weighted by molar-refractivity contribution is 5.93. The number of fused-ring (bicyclic) bond motifs is 2. The Hall–Kier alpha value is -8.04. The Morgan fingerprint density at radius 2 is 0.689 bits per heavy atom. The lowest BCUT2D eigenvalue weighted by Crippen LogP contribution is -2.05. The summed E-state index contributed by atoms with van der Waals surface area (Å²) in [6.45, 7) is 13.7. The molecule has 0 radical (unpaired) electrons. The quantitative estimate of drug-likeness (QED) is 0.0709. The van der Waals surface area contributed by atoms with Crippen LogP contribution in [0, 0.1) is 27.7 Å². The summed E-state index contributed by atoms with van der Waals surface area (Å²) in [4.78, 5) is 0. The van der Waals surface area contributed by atoms with Crippen LogP contribution < -0.4 is 18.9 Å². The number of benzene rings is 8. The van der Waals surface area contributed by atoms with Crippen LogP contribution in [-0.2, 0) is 35.8 Å². The third-order valence-electron chi connectivity index (χ3n) is 13.3. The van der Waals surface area contributed by atoms with E-state index in [1.54, 1.807) is 14.2 Å². The van der Waals surface area contributed by atoms with Gasteiger partial charge in [0.1, 0.15) is 49.4 Å². The standard InChI is InChI=1S/2C33H33NO3/c2*1-24-9-18-32-31(21-24)25(2)33(34(32)22-26-10-14-29(15-11-26)36-20-19-35-3)28-12-16-30(17-13-28)37-23-27-7-5-4-6-8-27/h2*4-18,21H,19-20,22-23H2,1-3H3. The number of nitrogens with zero attached hydrogens (tertiary/aromatic N) is 2. The van der Waals surface area contributed by atoms with Crippen LogP contribution in [0.1, 0.15) is 44.5 Å². The molecule has 2 aromatic heterocycles. The maximum atomic E-state index is 6.03. The maximum Gasteiger partial charge on any atom is 0.119 e. The molecule has 0 bridgehead atoms. The lowest BCUT2D eigenvalue weighted by molar-refractivity contribution is 0.146. The molecule has 8 nitrogen and oxygen atoms in total. The second-order valence-corrected chi connectivity index (χ2v) is 18.7. The number of aryl methyl sites for hydroxylation is 4. The molecule has 0 saturated carbocycles. The summed E-state index contributed by atoms with van der Waals surface area (Å²) < 4.78 is 38.6. The molecule has 0 atom stereocenters. The molecule has 376 valence electrons. The second kappa shape index (κ2) is 24.6. The Morgan fingerprint density at radius 3 is 1.05 bits per heavy atom. The summed E-state index contributed by atoms with van der Waals surface area (Å²) in [6, 6.07) is 67.5. The zero-order valence-corrected chi connectivity index (χ0v) is 43.5. The van der Waals surface area contributed by atoms with Crippen LogP contribution in [0.2, 0.25) is 0 Å². The molecule has 0 aliphatic heterocycles. The van der Waals surface area contributed by atoms with E-state index in [1.165, 1.54) is 77.7 Å². The normalized spacial score (nSPS) is 11.1. The highest BCUT2D eigenvalue weighted by atomic mass is 16.5. The zero-order chi connectivity index (χ0) is 51.2. The number of hydrogen-bond donors (Lipinski definition) is 0. The largest absolute Gasteiger partial charge is 0.491 e. The first-order chi connectivity index (χ1) is 36.2. The lowest BCUT2D eigenvalue weighted by atomic mass is 10.1. The van der Waals surface area contributed by atoms with Crippen molar-refractivity contribution in [3.8, 4) is 45.5 Å². The number of rotatable bonds is 20. The van der Waals surface area contributed by atoms with Gasteiger partial charge in [-0.2, -0.15) is 0 Å². The molecule has 74 heavy (non-hydrogen) atoms. The van der Waals surface area contributed by atoms with Gasteiger partial charge in [-0.25, -0.2) is 0 Å². The van der Waals surface area contributed by atoms with E-state index in [0.29, 0.717) is 39.6 Å². The molecule has 0 fully saturated rings. The van der Waals surface area contributed by atoms with E-state index < -0.39 is 0 Å². The van der Waals surface area contributed by atoms with Crippen LogP contribution in [0.25, 0.3) is 44.3 Å². The summed E-state index contributed by atoms with van der Waals surface area (Å²) in [5.41, 5.74) is 17.2. The van der Waals surface area contributed by atoms with Crippen LogP contribution in [-0.4, -0.2) is 49.8 Å². The van der Waals surface area contributed by atoms with Crippen molar-refractivity contribution in [2.45, 2.75) is 54.0 Å². The topological polar surface area (TPSA) is 65.2 Å². The minimum Gasteiger partial charge on any atom is -0.491 e. The Labute approximate surface area is 436 Å². The molecule has 0 aliphatic rings. The molecule has 0 aliphatic carbocycles. The monoisotopic (exact) mass is 982 g/mol. The van der Waals surface area contributed by atoms with Gasteiger partial charge in [0.25, 0.3) is 0 Å². The van der Waals surface area contributed by atoms with Crippen molar-refractivity contribution in [2.24, 2.45) is 0 Å². The van der Waals surface area contributed by atoms with Gasteiger partial charge >= 0.3 is 0 Å². The van der Waals surface area contributed by atoms with Gasteiger partial charge in [0.15, 0.2) is 0 Å². The van der Waals surface area contributed by atoms with E-state index in [1.807, 2.05) is 60.7 Å². The number of hydrogen-bond acceptors (Lipinski definition) is 6. The first kappa shape index (κ1) is 50.9. The predicted octanol–water partition coefficient (Wildman–Crippen LogP) is 15.2. The smallest absolute Gasteiger partial charge is 0.119 e. The van der Waals surface area contributed by atoms with Crippen molar-refractivity contribution in [3.05, 3.63) is 239 Å². The molecule has 8 heteroatoms. The number of ether oxygens (including phenoxy) is 6. The van der Waals surface area contributed by atoms with Crippen molar-refractivity contribution in [3.63, 3.8) is 0 Å². The van der Waals surface area contributed by atoms with Crippen LogP contribution in [0.15, 0.2) is 194 Å². The molecule has 2 heterocycles. The van der Waals surface area contributed by atoms with E-state index in [4.69, 9.17) is 28.4 Å². The summed E-state index contributed by atoms with van der Waals surface area (Å²) in [5, 5.41) is 2.58. The van der Waals surface area contributed by atoms with Gasteiger partial charge < -0.3 is 37.6 Å². The number of methoxy groups -OCH3 is 2. The van der Waals surface area contributed by atoms with Gasteiger partial charge in [-0.05, 0) is 169 Å². The molecule has 0 unspecified atom stereocenters. The molecule has 0 amide bonds. The van der Waals surface area contributed by atoms with E-state index in [-0.39, 0.29) is 0 Å². The molecule has 8 aromatic carbocycles. The summed E-state index contributed by atoms with van der Waals surface area (Å²) in [5.74, 6) is 3.45. The highest BCUT2D eigenvalue weighted by Crippen LogP contribution is 2.37. The van der Waals surface area contributed by atoms with Crippen molar-refractivity contribution in [1.29, 1.82) is 0 Å². The molecular weight excluding hydrogens is 917 g/mol. The highest BCUT2D eigenvalue weighted by Gasteiger charge is 2.19. The Morgan fingerprint density at radius 1 is 0.338 bits per heavy atom. The lowest BCUT2D eigenvalue weighted by Gasteiger charge is -2.14. The van der Waals surface area contributed by atoms with Crippen molar-refractivity contribution >= 4 is 21.8 Å². The average Bonchev–Trinajstić information content (AvgIpc) is 3.87. The first-order valence-corrected chi connectivity index (χ1v) is 25.4. The minimum absolute atomic E-state index is 0.547. The van der Waals surface area contributed by atoms with Crippen LogP contribution >= 0.6 is 0 Å². The fourth-order valence-corrected chi connectivity index (χ4v) is 9.48. The first-order valence-electron chi connectivity index (χ1n) is 25.4. The van der Waals surface area contributed by atoms with Gasteiger partial charge in [0.05, 0.1) is 24.6 Å². The van der Waals surface area contributed by atoms with Crippen molar-refractivity contribution < 1.29 is 28.4 Å². The molecule has 10 rings (SSSR count). The van der Waals surface area contributed by atoms with Gasteiger partial charge in [-0.1, -0.05) is 108 Å². The second-order valence-electron chi connectivity index (χ2n) is 18.7. The molecule has 0 N–H and O–H groups in total. The Kier molecular flexibility index (Phi) is 16.9. The zero-order valence-electron chi connectivity index (χ0n) is 43.5. The SMILES string of the molecule is COCCOc1ccc(Cn2c(-c3ccc(OCc4ccccc4)cc3)c(C)c3cc(C)ccc32)cc1.COCCOc1ccc(Cn2c(-c3ccc(OCc4ccccc4)cc3)c(C)c3cc(C)ccc32)cc1. The maximum absolute atomic E-state index is 6.03. The van der Waals surface area contributed by atoms with Gasteiger partial charge in [0, 0.05) is 49.1 Å². The predicted molar refractivity (Wildman–Crippen MR) is 301 cm³/mol.